The summed E-state index contributed by atoms with van der Waals surface area (Å²) in [4.78, 5) is 11.8. The highest BCUT2D eigenvalue weighted by molar-refractivity contribution is 7.92. The maximum atomic E-state index is 13.9. The van der Waals surface area contributed by atoms with Gasteiger partial charge < -0.3 is 14.8 Å². The molecule has 0 aromatic heterocycles. The topological polar surface area (TPSA) is 84.9 Å². The zero-order valence-corrected chi connectivity index (χ0v) is 17.4. The molecule has 1 atom stereocenters. The highest BCUT2D eigenvalue weighted by Gasteiger charge is 2.19. The lowest BCUT2D eigenvalue weighted by Crippen LogP contribution is -2.38. The number of amides is 1. The summed E-state index contributed by atoms with van der Waals surface area (Å²) in [7, 11) is -2.09. The lowest BCUT2D eigenvalue weighted by molar-refractivity contribution is -0.124. The van der Waals surface area contributed by atoms with E-state index in [4.69, 9.17) is 9.47 Å². The van der Waals surface area contributed by atoms with Crippen LogP contribution in [-0.2, 0) is 26.1 Å². The molecule has 1 N–H and O–H groups in total. The second-order valence-corrected chi connectivity index (χ2v) is 8.47. The monoisotopic (exact) mass is 424 g/mol. The third-order valence-corrected chi connectivity index (χ3v) is 5.13. The molecule has 0 fully saturated rings. The summed E-state index contributed by atoms with van der Waals surface area (Å²) in [5.41, 5.74) is 0.626. The van der Waals surface area contributed by atoms with Crippen molar-refractivity contribution in [1.82, 2.24) is 5.32 Å². The lowest BCUT2D eigenvalue weighted by atomic mass is 10.2. The van der Waals surface area contributed by atoms with Gasteiger partial charge in [0.05, 0.1) is 25.1 Å². The molecule has 2 aromatic carbocycles. The highest BCUT2D eigenvalue weighted by atomic mass is 32.2. The normalized spacial score (nSPS) is 12.3. The molecule has 1 unspecified atom stereocenters. The van der Waals surface area contributed by atoms with Gasteiger partial charge in [-0.25, -0.2) is 12.8 Å². The fraction of sp³-hybridized carbons (Fsp3) is 0.350. The van der Waals surface area contributed by atoms with Crippen molar-refractivity contribution in [2.24, 2.45) is 0 Å². The Labute approximate surface area is 170 Å². The van der Waals surface area contributed by atoms with Gasteiger partial charge in [0.15, 0.2) is 6.61 Å². The van der Waals surface area contributed by atoms with E-state index < -0.39 is 15.8 Å². The molecule has 0 saturated carbocycles. The molecule has 0 aliphatic rings. The molecule has 2 rings (SSSR count). The van der Waals surface area contributed by atoms with Crippen molar-refractivity contribution < 1.29 is 27.1 Å². The summed E-state index contributed by atoms with van der Waals surface area (Å²) in [6.07, 6.45) is 1.06. The molecule has 2 aromatic rings. The first kappa shape index (κ1) is 22.6. The van der Waals surface area contributed by atoms with Crippen LogP contribution in [0.3, 0.4) is 0 Å². The molecule has 29 heavy (non-hydrogen) atoms. The van der Waals surface area contributed by atoms with Gasteiger partial charge in [-0.2, -0.15) is 0 Å². The van der Waals surface area contributed by atoms with Crippen LogP contribution in [-0.4, -0.2) is 46.9 Å². The van der Waals surface area contributed by atoms with Crippen LogP contribution in [0.15, 0.2) is 48.5 Å². The number of ether oxygens (including phenoxy) is 2. The van der Waals surface area contributed by atoms with E-state index in [9.17, 15) is 17.6 Å². The van der Waals surface area contributed by atoms with Gasteiger partial charge in [-0.1, -0.05) is 18.2 Å². The van der Waals surface area contributed by atoms with Crippen LogP contribution < -0.4 is 14.4 Å². The SMILES string of the molecule is COCC(C)NC(=O)COc1ccc(N(Cc2ccccc2F)S(C)(=O)=O)cc1. The zero-order valence-electron chi connectivity index (χ0n) is 16.6. The van der Waals surface area contributed by atoms with E-state index in [2.05, 4.69) is 5.32 Å². The van der Waals surface area contributed by atoms with Crippen LogP contribution in [0.1, 0.15) is 12.5 Å². The second-order valence-electron chi connectivity index (χ2n) is 6.57. The van der Waals surface area contributed by atoms with Crippen LogP contribution in [0.25, 0.3) is 0 Å². The number of benzene rings is 2. The fourth-order valence-electron chi connectivity index (χ4n) is 2.65. The molecule has 158 valence electrons. The van der Waals surface area contributed by atoms with Crippen molar-refractivity contribution in [1.29, 1.82) is 0 Å². The van der Waals surface area contributed by atoms with E-state index in [1.54, 1.807) is 43.5 Å². The molecule has 0 saturated heterocycles. The van der Waals surface area contributed by atoms with E-state index in [-0.39, 0.29) is 30.7 Å². The minimum absolute atomic E-state index is 0.133. The van der Waals surface area contributed by atoms with Gasteiger partial charge in [-0.15, -0.1) is 0 Å². The lowest BCUT2D eigenvalue weighted by Gasteiger charge is -2.23. The first-order valence-corrected chi connectivity index (χ1v) is 10.8. The average molecular weight is 424 g/mol. The Morgan fingerprint density at radius 3 is 2.41 bits per heavy atom. The van der Waals surface area contributed by atoms with Crippen LogP contribution in [0.5, 0.6) is 5.75 Å². The number of carbonyl (C=O) groups excluding carboxylic acids is 1. The summed E-state index contributed by atoms with van der Waals surface area (Å²) in [5, 5.41) is 2.72. The number of sulfonamides is 1. The zero-order chi connectivity index (χ0) is 21.4. The van der Waals surface area contributed by atoms with E-state index in [1.165, 1.54) is 12.1 Å². The number of rotatable bonds is 10. The van der Waals surface area contributed by atoms with E-state index in [0.717, 1.165) is 10.6 Å². The van der Waals surface area contributed by atoms with Crippen molar-refractivity contribution in [3.8, 4) is 5.75 Å². The number of carbonyl (C=O) groups is 1. The van der Waals surface area contributed by atoms with Gasteiger partial charge in [0.2, 0.25) is 10.0 Å². The van der Waals surface area contributed by atoms with Crippen molar-refractivity contribution in [3.05, 3.63) is 59.9 Å². The van der Waals surface area contributed by atoms with Gasteiger partial charge in [-0.3, -0.25) is 9.10 Å². The summed E-state index contributed by atoms with van der Waals surface area (Å²) < 4.78 is 49.8. The second kappa shape index (κ2) is 10.2. The molecular formula is C20H25FN2O5S. The molecule has 9 heteroatoms. The Kier molecular flexibility index (Phi) is 7.98. The largest absolute Gasteiger partial charge is 0.484 e. The van der Waals surface area contributed by atoms with E-state index >= 15 is 0 Å². The number of methoxy groups -OCH3 is 1. The number of halogens is 1. The first-order chi connectivity index (χ1) is 13.7. The fourth-order valence-corrected chi connectivity index (χ4v) is 3.53. The molecule has 0 aliphatic heterocycles. The minimum atomic E-state index is -3.64. The summed E-state index contributed by atoms with van der Waals surface area (Å²) >= 11 is 0. The minimum Gasteiger partial charge on any atom is -0.484 e. The van der Waals surface area contributed by atoms with Gasteiger partial charge >= 0.3 is 0 Å². The average Bonchev–Trinajstić information content (AvgIpc) is 2.65. The molecule has 0 aliphatic carbocycles. The Morgan fingerprint density at radius 2 is 1.83 bits per heavy atom. The van der Waals surface area contributed by atoms with Crippen LogP contribution in [0.2, 0.25) is 0 Å². The predicted octanol–water partition coefficient (Wildman–Crippen LogP) is 2.32. The van der Waals surface area contributed by atoms with Crippen LogP contribution >= 0.6 is 0 Å². The summed E-state index contributed by atoms with van der Waals surface area (Å²) in [6.45, 7) is 1.89. The van der Waals surface area contributed by atoms with Crippen LogP contribution in [0.4, 0.5) is 10.1 Å². The van der Waals surface area contributed by atoms with Gasteiger partial charge in [-0.05, 0) is 37.3 Å². The quantitative estimate of drug-likeness (QED) is 0.633. The number of hydrogen-bond donors (Lipinski definition) is 1. The Morgan fingerprint density at radius 1 is 1.17 bits per heavy atom. The Balaban J connectivity index is 2.06. The summed E-state index contributed by atoms with van der Waals surface area (Å²) in [5.74, 6) is -0.367. The Bertz CT molecular complexity index is 919. The molecule has 0 spiro atoms. The predicted molar refractivity (Wildman–Crippen MR) is 109 cm³/mol. The third-order valence-electron chi connectivity index (χ3n) is 3.99. The third kappa shape index (κ3) is 7.03. The van der Waals surface area contributed by atoms with Gasteiger partial charge in [0, 0.05) is 18.7 Å². The van der Waals surface area contributed by atoms with Gasteiger partial charge in [0.1, 0.15) is 11.6 Å². The van der Waals surface area contributed by atoms with E-state index in [1.807, 2.05) is 6.92 Å². The number of anilines is 1. The molecular weight excluding hydrogens is 399 g/mol. The molecule has 7 nitrogen and oxygen atoms in total. The van der Waals surface area contributed by atoms with Crippen LogP contribution in [0, 0.1) is 5.82 Å². The van der Waals surface area contributed by atoms with Crippen molar-refractivity contribution >= 4 is 21.6 Å². The number of nitrogens with zero attached hydrogens (tertiary/aromatic N) is 1. The Hall–Kier alpha value is -2.65. The van der Waals surface area contributed by atoms with Gasteiger partial charge in [0.25, 0.3) is 5.91 Å². The maximum absolute atomic E-state index is 13.9. The molecule has 1 amide bonds. The summed E-state index contributed by atoms with van der Waals surface area (Å²) in [6, 6.07) is 12.1. The number of hydrogen-bond acceptors (Lipinski definition) is 5. The first-order valence-electron chi connectivity index (χ1n) is 8.93. The standard InChI is InChI=1S/C20H25FN2O5S/c1-15(13-27-2)22-20(24)14-28-18-10-8-17(9-11-18)23(29(3,25)26)12-16-6-4-5-7-19(16)21/h4-11,15H,12-14H2,1-3H3,(H,22,24). The number of nitrogens with one attached hydrogen (secondary N) is 1. The van der Waals surface area contributed by atoms with E-state index in [0.29, 0.717) is 18.0 Å². The highest BCUT2D eigenvalue weighted by Crippen LogP contribution is 2.24. The molecule has 0 radical (unpaired) electrons. The van der Waals surface area contributed by atoms with Crippen molar-refractivity contribution in [2.45, 2.75) is 19.5 Å². The van der Waals surface area contributed by atoms with Crippen molar-refractivity contribution in [3.63, 3.8) is 0 Å². The molecule has 0 bridgehead atoms. The maximum Gasteiger partial charge on any atom is 0.258 e. The molecule has 0 heterocycles. The smallest absolute Gasteiger partial charge is 0.258 e. The van der Waals surface area contributed by atoms with Crippen molar-refractivity contribution in [2.75, 3.05) is 30.9 Å².